The van der Waals surface area contributed by atoms with E-state index >= 15 is 0 Å². The van der Waals surface area contributed by atoms with Gasteiger partial charge in [0.15, 0.2) is 5.11 Å². The summed E-state index contributed by atoms with van der Waals surface area (Å²) in [6.07, 6.45) is 3.79. The molecule has 0 saturated carbocycles. The average molecular weight is 424 g/mol. The Morgan fingerprint density at radius 2 is 1.60 bits per heavy atom. The van der Waals surface area contributed by atoms with Gasteiger partial charge in [0.05, 0.1) is 18.4 Å². The van der Waals surface area contributed by atoms with E-state index in [9.17, 15) is 4.39 Å². The van der Waals surface area contributed by atoms with E-state index in [0.717, 1.165) is 55.6 Å². The van der Waals surface area contributed by atoms with Gasteiger partial charge < -0.3 is 10.2 Å². The number of benzene rings is 2. The van der Waals surface area contributed by atoms with Crippen LogP contribution in [0.25, 0.3) is 0 Å². The maximum atomic E-state index is 13.1. The Bertz CT molecular complexity index is 976. The highest BCUT2D eigenvalue weighted by Gasteiger charge is 2.19. The largest absolute Gasteiger partial charge is 0.346 e. The molecular weight excluding hydrogens is 397 g/mol. The monoisotopic (exact) mass is 423 g/mol. The summed E-state index contributed by atoms with van der Waals surface area (Å²) in [5.41, 5.74) is 4.51. The zero-order chi connectivity index (χ0) is 20.9. The third kappa shape index (κ3) is 5.43. The number of aromatic nitrogens is 2. The molecule has 0 radical (unpaired) electrons. The Hall–Kier alpha value is -2.77. The Morgan fingerprint density at radius 1 is 0.967 bits per heavy atom. The van der Waals surface area contributed by atoms with Crippen LogP contribution in [0.5, 0.6) is 0 Å². The molecule has 30 heavy (non-hydrogen) atoms. The molecule has 1 aliphatic rings. The molecule has 1 aliphatic heterocycles. The Labute approximate surface area is 182 Å². The third-order valence-corrected chi connectivity index (χ3v) is 5.69. The summed E-state index contributed by atoms with van der Waals surface area (Å²) in [5.74, 6) is -0.192. The second-order valence-corrected chi connectivity index (χ2v) is 8.12. The Kier molecular flexibility index (Phi) is 6.40. The SMILES string of the molecule is Cc1ccc(Cn2cc(NC(=S)N3CCN(Cc4ccc(F)cc4)CC3)cn2)cc1. The number of aryl methyl sites for hydroxylation is 1. The molecule has 0 aliphatic carbocycles. The molecule has 4 rings (SSSR count). The van der Waals surface area contributed by atoms with Crippen molar-refractivity contribution in [1.29, 1.82) is 0 Å². The van der Waals surface area contributed by atoms with E-state index in [1.165, 1.54) is 23.3 Å². The van der Waals surface area contributed by atoms with Gasteiger partial charge in [-0.3, -0.25) is 9.58 Å². The first kappa shape index (κ1) is 20.5. The van der Waals surface area contributed by atoms with Crippen molar-refractivity contribution in [1.82, 2.24) is 19.6 Å². The maximum Gasteiger partial charge on any atom is 0.173 e. The number of hydrogen-bond acceptors (Lipinski definition) is 3. The standard InChI is InChI=1S/C23H26FN5S/c1-18-2-4-20(5-3-18)16-29-17-22(14-25-29)26-23(30)28-12-10-27(11-13-28)15-19-6-8-21(24)9-7-19/h2-9,14,17H,10-13,15-16H2,1H3,(H,26,30). The highest BCUT2D eigenvalue weighted by Crippen LogP contribution is 2.13. The topological polar surface area (TPSA) is 36.3 Å². The molecule has 156 valence electrons. The van der Waals surface area contributed by atoms with E-state index in [0.29, 0.717) is 0 Å². The number of halogens is 1. The van der Waals surface area contributed by atoms with Gasteiger partial charge in [0.25, 0.3) is 0 Å². The summed E-state index contributed by atoms with van der Waals surface area (Å²) in [5, 5.41) is 8.48. The first-order chi connectivity index (χ1) is 14.5. The Morgan fingerprint density at radius 3 is 2.30 bits per heavy atom. The number of piperazine rings is 1. The molecule has 1 aromatic heterocycles. The maximum absolute atomic E-state index is 13.1. The number of nitrogens with zero attached hydrogens (tertiary/aromatic N) is 4. The molecule has 0 amide bonds. The van der Waals surface area contributed by atoms with Gasteiger partial charge in [-0.15, -0.1) is 0 Å². The minimum absolute atomic E-state index is 0.192. The predicted octanol–water partition coefficient (Wildman–Crippen LogP) is 3.89. The number of anilines is 1. The highest BCUT2D eigenvalue weighted by atomic mass is 32.1. The number of thiocarbonyl (C=S) groups is 1. The van der Waals surface area contributed by atoms with Crippen LogP contribution in [-0.4, -0.2) is 50.9 Å². The van der Waals surface area contributed by atoms with Gasteiger partial charge in [-0.05, 0) is 42.4 Å². The second kappa shape index (κ2) is 9.36. The zero-order valence-electron chi connectivity index (χ0n) is 17.1. The smallest absolute Gasteiger partial charge is 0.173 e. The van der Waals surface area contributed by atoms with Gasteiger partial charge in [-0.25, -0.2) is 4.39 Å². The van der Waals surface area contributed by atoms with Gasteiger partial charge in [0.2, 0.25) is 0 Å². The summed E-state index contributed by atoms with van der Waals surface area (Å²) in [6.45, 7) is 7.23. The fraction of sp³-hybridized carbons (Fsp3) is 0.304. The average Bonchev–Trinajstić information content (AvgIpc) is 3.18. The van der Waals surface area contributed by atoms with E-state index in [2.05, 4.69) is 51.4 Å². The third-order valence-electron chi connectivity index (χ3n) is 5.33. The van der Waals surface area contributed by atoms with Crippen LogP contribution in [0.1, 0.15) is 16.7 Å². The quantitative estimate of drug-likeness (QED) is 0.630. The highest BCUT2D eigenvalue weighted by molar-refractivity contribution is 7.80. The summed E-state index contributed by atoms with van der Waals surface area (Å²) in [7, 11) is 0. The van der Waals surface area contributed by atoms with Crippen LogP contribution >= 0.6 is 12.2 Å². The number of rotatable bonds is 5. The molecule has 0 atom stereocenters. The minimum Gasteiger partial charge on any atom is -0.346 e. The molecule has 0 bridgehead atoms. The molecule has 1 saturated heterocycles. The lowest BCUT2D eigenvalue weighted by atomic mass is 10.1. The van der Waals surface area contributed by atoms with E-state index in [-0.39, 0.29) is 5.82 Å². The summed E-state index contributed by atoms with van der Waals surface area (Å²) < 4.78 is 15.0. The lowest BCUT2D eigenvalue weighted by molar-refractivity contribution is 0.177. The van der Waals surface area contributed by atoms with E-state index < -0.39 is 0 Å². The molecule has 5 nitrogen and oxygen atoms in total. The van der Waals surface area contributed by atoms with Crippen LogP contribution in [0.15, 0.2) is 60.9 Å². The van der Waals surface area contributed by atoms with Crippen LogP contribution < -0.4 is 5.32 Å². The van der Waals surface area contributed by atoms with Gasteiger partial charge in [-0.2, -0.15) is 5.10 Å². The lowest BCUT2D eigenvalue weighted by Gasteiger charge is -2.36. The van der Waals surface area contributed by atoms with Crippen molar-refractivity contribution in [2.75, 3.05) is 31.5 Å². The minimum atomic E-state index is -0.192. The number of nitrogens with one attached hydrogen (secondary N) is 1. The van der Waals surface area contributed by atoms with E-state index in [1.54, 1.807) is 0 Å². The first-order valence-electron chi connectivity index (χ1n) is 10.2. The normalized spacial score (nSPS) is 14.7. The van der Waals surface area contributed by atoms with Crippen LogP contribution in [-0.2, 0) is 13.1 Å². The molecule has 2 heterocycles. The second-order valence-electron chi connectivity index (χ2n) is 7.73. The predicted molar refractivity (Wildman–Crippen MR) is 122 cm³/mol. The summed E-state index contributed by atoms with van der Waals surface area (Å²) in [4.78, 5) is 4.56. The van der Waals surface area contributed by atoms with E-state index in [1.807, 2.05) is 29.2 Å². The summed E-state index contributed by atoms with van der Waals surface area (Å²) >= 11 is 5.61. The lowest BCUT2D eigenvalue weighted by Crippen LogP contribution is -2.49. The van der Waals surface area contributed by atoms with E-state index in [4.69, 9.17) is 12.2 Å². The van der Waals surface area contributed by atoms with Crippen LogP contribution in [0.2, 0.25) is 0 Å². The molecule has 0 unspecified atom stereocenters. The molecular formula is C23H26FN5S. The fourth-order valence-corrected chi connectivity index (χ4v) is 3.86. The van der Waals surface area contributed by atoms with Crippen molar-refractivity contribution in [3.63, 3.8) is 0 Å². The van der Waals surface area contributed by atoms with Crippen LogP contribution in [0.3, 0.4) is 0 Å². The van der Waals surface area contributed by atoms with Gasteiger partial charge in [0, 0.05) is 38.9 Å². The van der Waals surface area contributed by atoms with Gasteiger partial charge >= 0.3 is 0 Å². The molecule has 2 aromatic carbocycles. The van der Waals surface area contributed by atoms with Crippen molar-refractivity contribution in [2.45, 2.75) is 20.0 Å². The molecule has 0 spiro atoms. The molecule has 1 N–H and O–H groups in total. The first-order valence-corrected chi connectivity index (χ1v) is 10.6. The number of hydrogen-bond donors (Lipinski definition) is 1. The summed E-state index contributed by atoms with van der Waals surface area (Å²) in [6, 6.07) is 15.2. The molecule has 3 aromatic rings. The van der Waals surface area contributed by atoms with Crippen molar-refractivity contribution < 1.29 is 4.39 Å². The van der Waals surface area contributed by atoms with Gasteiger partial charge in [0.1, 0.15) is 5.82 Å². The van der Waals surface area contributed by atoms with Crippen LogP contribution in [0, 0.1) is 12.7 Å². The van der Waals surface area contributed by atoms with Crippen molar-refractivity contribution in [3.8, 4) is 0 Å². The zero-order valence-corrected chi connectivity index (χ0v) is 17.9. The van der Waals surface area contributed by atoms with Crippen LogP contribution in [0.4, 0.5) is 10.1 Å². The molecule has 1 fully saturated rings. The molecule has 7 heteroatoms. The van der Waals surface area contributed by atoms with Crippen molar-refractivity contribution >= 4 is 23.0 Å². The Balaban J connectivity index is 1.25. The van der Waals surface area contributed by atoms with Gasteiger partial charge in [-0.1, -0.05) is 42.0 Å². The van der Waals surface area contributed by atoms with Crippen molar-refractivity contribution in [2.24, 2.45) is 0 Å². The van der Waals surface area contributed by atoms with Crippen molar-refractivity contribution in [3.05, 3.63) is 83.4 Å². The fourth-order valence-electron chi connectivity index (χ4n) is 3.55.